The van der Waals surface area contributed by atoms with E-state index in [9.17, 15) is 0 Å². The van der Waals surface area contributed by atoms with Gasteiger partial charge in [0.2, 0.25) is 0 Å². The molecule has 2 rings (SSSR count). The highest BCUT2D eigenvalue weighted by molar-refractivity contribution is 5.55. The Morgan fingerprint density at radius 3 is 2.20 bits per heavy atom. The lowest BCUT2D eigenvalue weighted by molar-refractivity contribution is 0.642. The fraction of sp³-hybridized carbons (Fsp3) is 0.333. The Morgan fingerprint density at radius 1 is 1.00 bits per heavy atom. The summed E-state index contributed by atoms with van der Waals surface area (Å²) in [4.78, 5) is 2.39. The van der Waals surface area contributed by atoms with Crippen molar-refractivity contribution in [2.45, 2.75) is 26.8 Å². The van der Waals surface area contributed by atoms with E-state index in [2.05, 4.69) is 74.2 Å². The van der Waals surface area contributed by atoms with Crippen molar-refractivity contribution >= 4 is 5.69 Å². The van der Waals surface area contributed by atoms with Gasteiger partial charge in [0.05, 0.1) is 6.04 Å². The molecule has 1 unspecified atom stereocenters. The zero-order chi connectivity index (χ0) is 14.5. The fourth-order valence-electron chi connectivity index (χ4n) is 2.68. The molecule has 106 valence electrons. The number of likely N-dealkylation sites (N-methyl/N-ethyl adjacent to an activating group) is 1. The summed E-state index contributed by atoms with van der Waals surface area (Å²) in [6.07, 6.45) is 0. The summed E-state index contributed by atoms with van der Waals surface area (Å²) >= 11 is 0. The molecule has 0 aliphatic heterocycles. The molecule has 0 aromatic heterocycles. The summed E-state index contributed by atoms with van der Waals surface area (Å²) in [5.41, 5.74) is 11.2. The minimum Gasteiger partial charge on any atom is -0.363 e. The van der Waals surface area contributed by atoms with Gasteiger partial charge in [0.1, 0.15) is 0 Å². The molecule has 0 aliphatic carbocycles. The summed E-state index contributed by atoms with van der Waals surface area (Å²) < 4.78 is 0. The Kier molecular flexibility index (Phi) is 4.80. The predicted octanol–water partition coefficient (Wildman–Crippen LogP) is 3.83. The molecule has 2 aromatic carbocycles. The molecule has 0 aliphatic rings. The Morgan fingerprint density at radius 2 is 1.65 bits per heavy atom. The number of nitrogens with zero attached hydrogens (tertiary/aromatic N) is 1. The Balaban J connectivity index is 2.38. The lowest BCUT2D eigenvalue weighted by atomic mass is 10.0. The molecule has 1 atom stereocenters. The first-order chi connectivity index (χ1) is 9.67. The summed E-state index contributed by atoms with van der Waals surface area (Å²) in [6, 6.07) is 17.4. The molecule has 0 saturated carbocycles. The lowest BCUT2D eigenvalue weighted by Gasteiger charge is -2.33. The van der Waals surface area contributed by atoms with Crippen LogP contribution in [0.2, 0.25) is 0 Å². The van der Waals surface area contributed by atoms with Crippen molar-refractivity contribution in [1.29, 1.82) is 0 Å². The molecule has 2 nitrogen and oxygen atoms in total. The largest absolute Gasteiger partial charge is 0.363 e. The Labute approximate surface area is 122 Å². The number of para-hydroxylation sites is 1. The molecule has 0 fully saturated rings. The summed E-state index contributed by atoms with van der Waals surface area (Å²) in [5.74, 6) is 0. The fourth-order valence-corrected chi connectivity index (χ4v) is 2.68. The van der Waals surface area contributed by atoms with Crippen LogP contribution in [0.3, 0.4) is 0 Å². The highest BCUT2D eigenvalue weighted by Crippen LogP contribution is 2.28. The zero-order valence-electron chi connectivity index (χ0n) is 12.6. The first-order valence-electron chi connectivity index (χ1n) is 7.26. The van der Waals surface area contributed by atoms with Crippen molar-refractivity contribution < 1.29 is 0 Å². The first kappa shape index (κ1) is 14.6. The van der Waals surface area contributed by atoms with Gasteiger partial charge >= 0.3 is 0 Å². The van der Waals surface area contributed by atoms with Crippen LogP contribution in [0, 0.1) is 13.8 Å². The number of rotatable bonds is 5. The quantitative estimate of drug-likeness (QED) is 0.893. The van der Waals surface area contributed by atoms with Crippen LogP contribution in [0.4, 0.5) is 5.69 Å². The van der Waals surface area contributed by atoms with Crippen LogP contribution >= 0.6 is 0 Å². The van der Waals surface area contributed by atoms with Gasteiger partial charge in [-0.3, -0.25) is 0 Å². The van der Waals surface area contributed by atoms with E-state index in [0.717, 1.165) is 6.54 Å². The van der Waals surface area contributed by atoms with E-state index in [0.29, 0.717) is 6.54 Å². The number of benzene rings is 2. The van der Waals surface area contributed by atoms with E-state index in [1.54, 1.807) is 0 Å². The van der Waals surface area contributed by atoms with Crippen LogP contribution in [0.5, 0.6) is 0 Å². The third kappa shape index (κ3) is 3.02. The van der Waals surface area contributed by atoms with E-state index in [1.807, 2.05) is 0 Å². The van der Waals surface area contributed by atoms with Crippen LogP contribution in [-0.4, -0.2) is 13.1 Å². The second kappa shape index (κ2) is 6.58. The van der Waals surface area contributed by atoms with E-state index >= 15 is 0 Å². The highest BCUT2D eigenvalue weighted by Gasteiger charge is 2.19. The van der Waals surface area contributed by atoms with Crippen LogP contribution in [-0.2, 0) is 0 Å². The summed E-state index contributed by atoms with van der Waals surface area (Å²) in [5, 5.41) is 0. The average Bonchev–Trinajstić information content (AvgIpc) is 2.47. The second-order valence-corrected chi connectivity index (χ2v) is 5.23. The van der Waals surface area contributed by atoms with Crippen molar-refractivity contribution in [3.63, 3.8) is 0 Å². The van der Waals surface area contributed by atoms with Crippen LogP contribution < -0.4 is 10.6 Å². The number of anilines is 1. The minimum absolute atomic E-state index is 0.224. The van der Waals surface area contributed by atoms with Crippen LogP contribution in [0.25, 0.3) is 0 Å². The molecule has 0 spiro atoms. The maximum Gasteiger partial charge on any atom is 0.0664 e. The van der Waals surface area contributed by atoms with Crippen molar-refractivity contribution in [3.05, 3.63) is 65.2 Å². The molecular weight excluding hydrogens is 244 g/mol. The maximum absolute atomic E-state index is 6.07. The van der Waals surface area contributed by atoms with E-state index in [4.69, 9.17) is 5.73 Å². The van der Waals surface area contributed by atoms with Gasteiger partial charge in [-0.25, -0.2) is 0 Å². The third-order valence-corrected chi connectivity index (χ3v) is 3.83. The first-order valence-corrected chi connectivity index (χ1v) is 7.26. The van der Waals surface area contributed by atoms with Crippen molar-refractivity contribution in [1.82, 2.24) is 0 Å². The molecular formula is C18H24N2. The molecule has 0 radical (unpaired) electrons. The Bertz CT molecular complexity index is 546. The van der Waals surface area contributed by atoms with Crippen molar-refractivity contribution in [3.8, 4) is 0 Å². The minimum atomic E-state index is 0.224. The topological polar surface area (TPSA) is 29.3 Å². The maximum atomic E-state index is 6.07. The van der Waals surface area contributed by atoms with E-state index in [-0.39, 0.29) is 6.04 Å². The van der Waals surface area contributed by atoms with Gasteiger partial charge in [-0.05, 0) is 38.0 Å². The van der Waals surface area contributed by atoms with Crippen LogP contribution in [0.1, 0.15) is 29.7 Å². The SMILES string of the molecule is CCN(c1ccccc1C)C(CN)c1ccc(C)cc1. The second-order valence-electron chi connectivity index (χ2n) is 5.23. The van der Waals surface area contributed by atoms with Gasteiger partial charge in [-0.2, -0.15) is 0 Å². The van der Waals surface area contributed by atoms with Gasteiger partial charge in [0, 0.05) is 18.8 Å². The van der Waals surface area contributed by atoms with Gasteiger partial charge < -0.3 is 10.6 Å². The van der Waals surface area contributed by atoms with E-state index in [1.165, 1.54) is 22.4 Å². The standard InChI is InChI=1S/C18H24N2/c1-4-20(17-8-6-5-7-15(17)3)18(13-19)16-11-9-14(2)10-12-16/h5-12,18H,4,13,19H2,1-3H3. The lowest BCUT2D eigenvalue weighted by Crippen LogP contribution is -2.34. The van der Waals surface area contributed by atoms with Gasteiger partial charge in [-0.15, -0.1) is 0 Å². The molecule has 20 heavy (non-hydrogen) atoms. The molecule has 2 aromatic rings. The van der Waals surface area contributed by atoms with E-state index < -0.39 is 0 Å². The van der Waals surface area contributed by atoms with Crippen LogP contribution in [0.15, 0.2) is 48.5 Å². The molecule has 0 heterocycles. The summed E-state index contributed by atoms with van der Waals surface area (Å²) in [6.45, 7) is 8.01. The predicted molar refractivity (Wildman–Crippen MR) is 87.2 cm³/mol. The molecule has 0 bridgehead atoms. The smallest absolute Gasteiger partial charge is 0.0664 e. The highest BCUT2D eigenvalue weighted by atomic mass is 15.2. The normalized spacial score (nSPS) is 12.2. The molecule has 2 heteroatoms. The zero-order valence-corrected chi connectivity index (χ0v) is 12.6. The monoisotopic (exact) mass is 268 g/mol. The third-order valence-electron chi connectivity index (χ3n) is 3.83. The number of nitrogens with two attached hydrogens (primary N) is 1. The summed E-state index contributed by atoms with van der Waals surface area (Å²) in [7, 11) is 0. The van der Waals surface area contributed by atoms with Gasteiger partial charge in [0.15, 0.2) is 0 Å². The number of aryl methyl sites for hydroxylation is 2. The number of hydrogen-bond donors (Lipinski definition) is 1. The average molecular weight is 268 g/mol. The molecule has 2 N–H and O–H groups in total. The molecule has 0 saturated heterocycles. The van der Waals surface area contributed by atoms with Gasteiger partial charge in [0.25, 0.3) is 0 Å². The Hall–Kier alpha value is -1.80. The van der Waals surface area contributed by atoms with Crippen molar-refractivity contribution in [2.24, 2.45) is 5.73 Å². The van der Waals surface area contributed by atoms with Gasteiger partial charge in [-0.1, -0.05) is 48.0 Å². The number of hydrogen-bond acceptors (Lipinski definition) is 2. The molecule has 0 amide bonds. The van der Waals surface area contributed by atoms with Crippen molar-refractivity contribution in [2.75, 3.05) is 18.0 Å².